The van der Waals surface area contributed by atoms with Crippen molar-refractivity contribution in [3.8, 4) is 0 Å². The number of hydrogen-bond acceptors (Lipinski definition) is 5. The molecule has 1 aliphatic rings. The predicted octanol–water partition coefficient (Wildman–Crippen LogP) is 1.38. The molecular weight excluding hydrogens is 396 g/mol. The van der Waals surface area contributed by atoms with E-state index >= 15 is 0 Å². The van der Waals surface area contributed by atoms with Crippen molar-refractivity contribution in [3.05, 3.63) is 48.0 Å². The fourth-order valence-corrected chi connectivity index (χ4v) is 3.81. The SMILES string of the molecule is CCn1cc(C(=O)N2CCOC(C(=O)NCCCc3nc4ccccc4n3C)C2)cn1. The molecule has 31 heavy (non-hydrogen) atoms. The van der Waals surface area contributed by atoms with Gasteiger partial charge in [0, 0.05) is 39.3 Å². The fourth-order valence-electron chi connectivity index (χ4n) is 3.81. The van der Waals surface area contributed by atoms with Crippen LogP contribution in [-0.4, -0.2) is 68.4 Å². The van der Waals surface area contributed by atoms with Crippen molar-refractivity contribution in [1.82, 2.24) is 29.5 Å². The van der Waals surface area contributed by atoms with E-state index in [0.29, 0.717) is 31.8 Å². The van der Waals surface area contributed by atoms with Crippen molar-refractivity contribution in [3.63, 3.8) is 0 Å². The van der Waals surface area contributed by atoms with Gasteiger partial charge in [0.25, 0.3) is 11.8 Å². The van der Waals surface area contributed by atoms with E-state index in [-0.39, 0.29) is 18.4 Å². The molecule has 3 aromatic rings. The lowest BCUT2D eigenvalue weighted by atomic mass is 10.2. The van der Waals surface area contributed by atoms with Gasteiger partial charge in [-0.25, -0.2) is 4.98 Å². The second-order valence-corrected chi connectivity index (χ2v) is 7.67. The van der Waals surface area contributed by atoms with Crippen molar-refractivity contribution >= 4 is 22.8 Å². The van der Waals surface area contributed by atoms with Crippen LogP contribution in [0.3, 0.4) is 0 Å². The van der Waals surface area contributed by atoms with E-state index in [9.17, 15) is 9.59 Å². The van der Waals surface area contributed by atoms with Crippen LogP contribution in [0.1, 0.15) is 29.5 Å². The van der Waals surface area contributed by atoms with E-state index in [1.54, 1.807) is 22.0 Å². The van der Waals surface area contributed by atoms with E-state index < -0.39 is 6.10 Å². The zero-order valence-electron chi connectivity index (χ0n) is 18.0. The lowest BCUT2D eigenvalue weighted by molar-refractivity contribution is -0.137. The molecule has 0 aliphatic carbocycles. The molecule has 9 heteroatoms. The molecule has 164 valence electrons. The smallest absolute Gasteiger partial charge is 0.257 e. The number of para-hydroxylation sites is 2. The summed E-state index contributed by atoms with van der Waals surface area (Å²) in [4.78, 5) is 31.6. The van der Waals surface area contributed by atoms with E-state index in [1.807, 2.05) is 38.2 Å². The molecule has 1 aromatic carbocycles. The van der Waals surface area contributed by atoms with Crippen LogP contribution in [0.15, 0.2) is 36.7 Å². The highest BCUT2D eigenvalue weighted by Crippen LogP contribution is 2.15. The van der Waals surface area contributed by atoms with Crippen molar-refractivity contribution < 1.29 is 14.3 Å². The first-order valence-electron chi connectivity index (χ1n) is 10.7. The Bertz CT molecular complexity index is 1070. The lowest BCUT2D eigenvalue weighted by Gasteiger charge is -2.32. The van der Waals surface area contributed by atoms with Gasteiger partial charge in [-0.2, -0.15) is 5.10 Å². The summed E-state index contributed by atoms with van der Waals surface area (Å²) in [5.41, 5.74) is 2.62. The van der Waals surface area contributed by atoms with Crippen LogP contribution in [0.2, 0.25) is 0 Å². The number of nitrogens with zero attached hydrogens (tertiary/aromatic N) is 5. The highest BCUT2D eigenvalue weighted by molar-refractivity contribution is 5.94. The molecule has 1 N–H and O–H groups in total. The average Bonchev–Trinajstić information content (AvgIpc) is 3.41. The summed E-state index contributed by atoms with van der Waals surface area (Å²) >= 11 is 0. The highest BCUT2D eigenvalue weighted by Gasteiger charge is 2.30. The Hall–Kier alpha value is -3.20. The third kappa shape index (κ3) is 4.61. The van der Waals surface area contributed by atoms with Gasteiger partial charge in [-0.1, -0.05) is 12.1 Å². The molecule has 1 unspecified atom stereocenters. The number of carbonyl (C=O) groups excluding carboxylic acids is 2. The zero-order valence-corrected chi connectivity index (χ0v) is 18.0. The highest BCUT2D eigenvalue weighted by atomic mass is 16.5. The van der Waals surface area contributed by atoms with E-state index in [1.165, 1.54) is 0 Å². The second-order valence-electron chi connectivity index (χ2n) is 7.67. The summed E-state index contributed by atoms with van der Waals surface area (Å²) in [6.07, 6.45) is 4.18. The Labute approximate surface area is 181 Å². The number of carbonyl (C=O) groups is 2. The summed E-state index contributed by atoms with van der Waals surface area (Å²) in [5.74, 6) is 0.683. The van der Waals surface area contributed by atoms with E-state index in [2.05, 4.69) is 20.0 Å². The van der Waals surface area contributed by atoms with Crippen molar-refractivity contribution in [2.24, 2.45) is 7.05 Å². The summed E-state index contributed by atoms with van der Waals surface area (Å²) in [6.45, 7) is 4.24. The van der Waals surface area contributed by atoms with Crippen LogP contribution in [0, 0.1) is 0 Å². The quantitative estimate of drug-likeness (QED) is 0.579. The Kier molecular flexibility index (Phi) is 6.31. The van der Waals surface area contributed by atoms with Gasteiger partial charge in [-0.15, -0.1) is 0 Å². The molecule has 0 spiro atoms. The topological polar surface area (TPSA) is 94.3 Å². The molecule has 0 saturated carbocycles. The molecule has 1 saturated heterocycles. The number of fused-ring (bicyclic) bond motifs is 1. The van der Waals surface area contributed by atoms with Gasteiger partial charge in [0.15, 0.2) is 6.10 Å². The predicted molar refractivity (Wildman–Crippen MR) is 116 cm³/mol. The fraction of sp³-hybridized carbons (Fsp3) is 0.455. The van der Waals surface area contributed by atoms with Crippen molar-refractivity contribution in [2.45, 2.75) is 32.4 Å². The standard InChI is InChI=1S/C22H28N6O3/c1-3-28-14-16(13-24-28)22(30)27-11-12-31-19(15-27)21(29)23-10-6-9-20-25-17-7-4-5-8-18(17)26(20)2/h4-5,7-8,13-14,19H,3,6,9-12,15H2,1-2H3,(H,23,29). The van der Waals surface area contributed by atoms with Crippen LogP contribution in [0.5, 0.6) is 0 Å². The summed E-state index contributed by atoms with van der Waals surface area (Å²) in [5, 5.41) is 7.08. The molecule has 0 radical (unpaired) electrons. The minimum Gasteiger partial charge on any atom is -0.365 e. The molecule has 2 aromatic heterocycles. The second kappa shape index (κ2) is 9.30. The monoisotopic (exact) mass is 424 g/mol. The first-order chi connectivity index (χ1) is 15.1. The maximum atomic E-state index is 12.7. The minimum atomic E-state index is -0.658. The first kappa shape index (κ1) is 21.0. The number of nitrogens with one attached hydrogen (secondary N) is 1. The Morgan fingerprint density at radius 1 is 1.29 bits per heavy atom. The largest absolute Gasteiger partial charge is 0.365 e. The van der Waals surface area contributed by atoms with Gasteiger partial charge in [-0.3, -0.25) is 14.3 Å². The molecule has 1 atom stereocenters. The number of morpholine rings is 1. The third-order valence-electron chi connectivity index (χ3n) is 5.61. The molecule has 1 aliphatic heterocycles. The molecule has 4 rings (SSSR count). The number of aryl methyl sites for hydroxylation is 3. The third-order valence-corrected chi connectivity index (χ3v) is 5.61. The number of aromatic nitrogens is 4. The number of hydrogen-bond donors (Lipinski definition) is 1. The Morgan fingerprint density at radius 3 is 2.90 bits per heavy atom. The summed E-state index contributed by atoms with van der Waals surface area (Å²) < 4.78 is 9.41. The molecule has 0 bridgehead atoms. The van der Waals surface area contributed by atoms with Crippen LogP contribution in [0.4, 0.5) is 0 Å². The molecule has 3 heterocycles. The van der Waals surface area contributed by atoms with Gasteiger partial charge in [-0.05, 0) is 25.5 Å². The number of ether oxygens (including phenoxy) is 1. The van der Waals surface area contributed by atoms with Crippen LogP contribution in [0.25, 0.3) is 11.0 Å². The van der Waals surface area contributed by atoms with Gasteiger partial charge < -0.3 is 19.5 Å². The van der Waals surface area contributed by atoms with E-state index in [0.717, 1.165) is 29.7 Å². The molecule has 2 amide bonds. The number of rotatable bonds is 7. The number of amides is 2. The number of imidazole rings is 1. The van der Waals surface area contributed by atoms with Crippen molar-refractivity contribution in [2.75, 3.05) is 26.2 Å². The zero-order chi connectivity index (χ0) is 21.8. The molecule has 1 fully saturated rings. The maximum absolute atomic E-state index is 12.7. The minimum absolute atomic E-state index is 0.123. The number of benzene rings is 1. The Morgan fingerprint density at radius 2 is 2.13 bits per heavy atom. The van der Waals surface area contributed by atoms with Crippen LogP contribution >= 0.6 is 0 Å². The summed E-state index contributed by atoms with van der Waals surface area (Å²) in [6, 6.07) is 8.03. The van der Waals surface area contributed by atoms with Gasteiger partial charge in [0.1, 0.15) is 5.82 Å². The van der Waals surface area contributed by atoms with Gasteiger partial charge in [0.2, 0.25) is 0 Å². The van der Waals surface area contributed by atoms with E-state index in [4.69, 9.17) is 4.74 Å². The van der Waals surface area contributed by atoms with Crippen LogP contribution in [-0.2, 0) is 29.5 Å². The van der Waals surface area contributed by atoms with Crippen molar-refractivity contribution in [1.29, 1.82) is 0 Å². The average molecular weight is 425 g/mol. The molecular formula is C22H28N6O3. The normalized spacial score (nSPS) is 16.6. The van der Waals surface area contributed by atoms with Gasteiger partial charge >= 0.3 is 0 Å². The first-order valence-corrected chi connectivity index (χ1v) is 10.7. The maximum Gasteiger partial charge on any atom is 0.257 e. The molecule has 9 nitrogen and oxygen atoms in total. The van der Waals surface area contributed by atoms with Gasteiger partial charge in [0.05, 0.1) is 35.9 Å². The van der Waals surface area contributed by atoms with Crippen LogP contribution < -0.4 is 5.32 Å². The Balaban J connectivity index is 1.26. The lowest BCUT2D eigenvalue weighted by Crippen LogP contribution is -2.51. The summed E-state index contributed by atoms with van der Waals surface area (Å²) in [7, 11) is 2.01.